The van der Waals surface area contributed by atoms with E-state index in [1.54, 1.807) is 23.9 Å². The Bertz CT molecular complexity index is 1160. The van der Waals surface area contributed by atoms with Crippen LogP contribution in [0.5, 0.6) is 17.2 Å². The fraction of sp³-hybridized carbons (Fsp3) is 0.280. The Balaban J connectivity index is 1.58. The van der Waals surface area contributed by atoms with Crippen molar-refractivity contribution in [3.63, 3.8) is 0 Å². The molecule has 0 bridgehead atoms. The zero-order chi connectivity index (χ0) is 24.2. The fourth-order valence-corrected chi connectivity index (χ4v) is 4.89. The lowest BCUT2D eigenvalue weighted by atomic mass is 10.1. The molecular weight excluding hydrogens is 452 g/mol. The van der Waals surface area contributed by atoms with E-state index < -0.39 is 0 Å². The second-order valence-electron chi connectivity index (χ2n) is 7.99. The number of fused-ring (bicyclic) bond motifs is 1. The standard InChI is InChI=1S/C25H28N4O4S/c1-28(2)14-17-15-29-11-10-20(27-25(29)34-17)18-8-6-7-9-19(18)26-24(30)16-12-21(31-3)23(33-5)22(13-16)32-4/h6-10,12-13,15H,11,14H2,1-5H3,(H,26,30). The molecule has 178 valence electrons. The third kappa shape index (κ3) is 4.90. The van der Waals surface area contributed by atoms with Gasteiger partial charge in [0.25, 0.3) is 5.91 Å². The average Bonchev–Trinajstić information content (AvgIpc) is 3.24. The molecule has 2 aromatic rings. The summed E-state index contributed by atoms with van der Waals surface area (Å²) in [6, 6.07) is 10.9. The number of likely N-dealkylation sites (N-methyl/N-ethyl adjacent to an activating group) is 1. The second kappa shape index (κ2) is 10.2. The van der Waals surface area contributed by atoms with Crippen molar-refractivity contribution >= 4 is 34.2 Å². The highest BCUT2D eigenvalue weighted by Gasteiger charge is 2.25. The van der Waals surface area contributed by atoms with Gasteiger partial charge in [-0.25, -0.2) is 4.99 Å². The Labute approximate surface area is 203 Å². The Kier molecular flexibility index (Phi) is 7.14. The predicted octanol–water partition coefficient (Wildman–Crippen LogP) is 4.13. The zero-order valence-corrected chi connectivity index (χ0v) is 20.7. The van der Waals surface area contributed by atoms with Crippen molar-refractivity contribution in [2.45, 2.75) is 0 Å². The minimum Gasteiger partial charge on any atom is -0.493 e. The Morgan fingerprint density at radius 1 is 1.12 bits per heavy atom. The molecule has 2 heterocycles. The summed E-state index contributed by atoms with van der Waals surface area (Å²) in [7, 11) is 8.67. The molecule has 2 aromatic carbocycles. The van der Waals surface area contributed by atoms with Crippen molar-refractivity contribution in [1.29, 1.82) is 0 Å². The number of hydrogen-bond donors (Lipinski definition) is 1. The number of rotatable bonds is 8. The van der Waals surface area contributed by atoms with Crippen LogP contribution in [0, 0.1) is 0 Å². The molecule has 0 aliphatic carbocycles. The number of carbonyl (C=O) groups is 1. The van der Waals surface area contributed by atoms with Gasteiger partial charge in [0.2, 0.25) is 5.75 Å². The average molecular weight is 481 g/mol. The molecule has 0 spiro atoms. The lowest BCUT2D eigenvalue weighted by molar-refractivity contribution is 0.102. The summed E-state index contributed by atoms with van der Waals surface area (Å²) in [5.74, 6) is 0.982. The maximum absolute atomic E-state index is 13.2. The highest BCUT2D eigenvalue weighted by molar-refractivity contribution is 8.17. The summed E-state index contributed by atoms with van der Waals surface area (Å²) in [6.07, 6.45) is 4.22. The van der Waals surface area contributed by atoms with E-state index in [1.807, 2.05) is 24.3 Å². The summed E-state index contributed by atoms with van der Waals surface area (Å²) in [4.78, 5) is 23.6. The number of methoxy groups -OCH3 is 3. The first-order chi connectivity index (χ1) is 16.4. The Morgan fingerprint density at radius 3 is 2.47 bits per heavy atom. The van der Waals surface area contributed by atoms with Crippen molar-refractivity contribution < 1.29 is 19.0 Å². The van der Waals surface area contributed by atoms with E-state index in [2.05, 4.69) is 41.5 Å². The largest absolute Gasteiger partial charge is 0.493 e. The van der Waals surface area contributed by atoms with Gasteiger partial charge in [-0.3, -0.25) is 4.79 Å². The minimum atomic E-state index is -0.289. The Hall–Kier alpha value is -3.43. The molecule has 4 rings (SSSR count). The molecule has 0 unspecified atom stereocenters. The predicted molar refractivity (Wildman–Crippen MR) is 137 cm³/mol. The van der Waals surface area contributed by atoms with Gasteiger partial charge in [0.05, 0.1) is 32.7 Å². The van der Waals surface area contributed by atoms with Crippen molar-refractivity contribution in [1.82, 2.24) is 9.80 Å². The van der Waals surface area contributed by atoms with Crippen LogP contribution >= 0.6 is 11.8 Å². The molecule has 0 atom stereocenters. The quantitative estimate of drug-likeness (QED) is 0.609. The lowest BCUT2D eigenvalue weighted by Gasteiger charge is -2.21. The molecule has 0 fully saturated rings. The number of nitrogens with zero attached hydrogens (tertiary/aromatic N) is 3. The van der Waals surface area contributed by atoms with Crippen molar-refractivity contribution in [2.75, 3.05) is 53.8 Å². The molecule has 34 heavy (non-hydrogen) atoms. The smallest absolute Gasteiger partial charge is 0.255 e. The van der Waals surface area contributed by atoms with Crippen LogP contribution in [0.15, 0.2) is 58.6 Å². The van der Waals surface area contributed by atoms with Crippen LogP contribution in [0.1, 0.15) is 15.9 Å². The molecule has 0 radical (unpaired) electrons. The van der Waals surface area contributed by atoms with Crippen molar-refractivity contribution in [3.8, 4) is 17.2 Å². The summed E-state index contributed by atoms with van der Waals surface area (Å²) >= 11 is 1.68. The molecule has 0 aromatic heterocycles. The maximum Gasteiger partial charge on any atom is 0.255 e. The van der Waals surface area contributed by atoms with Gasteiger partial charge in [-0.15, -0.1) is 0 Å². The van der Waals surface area contributed by atoms with Crippen LogP contribution in [0.2, 0.25) is 0 Å². The number of hydrogen-bond acceptors (Lipinski definition) is 8. The van der Waals surface area contributed by atoms with Gasteiger partial charge in [0.1, 0.15) is 0 Å². The number of ether oxygens (including phenoxy) is 3. The van der Waals surface area contributed by atoms with Crippen molar-refractivity contribution in [2.24, 2.45) is 4.99 Å². The Morgan fingerprint density at radius 2 is 1.82 bits per heavy atom. The fourth-order valence-electron chi connectivity index (χ4n) is 3.76. The van der Waals surface area contributed by atoms with Gasteiger partial charge in [-0.2, -0.15) is 0 Å². The van der Waals surface area contributed by atoms with Crippen LogP contribution < -0.4 is 19.5 Å². The zero-order valence-electron chi connectivity index (χ0n) is 19.9. The van der Waals surface area contributed by atoms with Gasteiger partial charge in [-0.1, -0.05) is 30.0 Å². The second-order valence-corrected chi connectivity index (χ2v) is 9.08. The number of aliphatic imine (C=N–C) groups is 1. The third-order valence-corrected chi connectivity index (χ3v) is 6.32. The number of carbonyl (C=O) groups excluding carboxylic acids is 1. The summed E-state index contributed by atoms with van der Waals surface area (Å²) in [6.45, 7) is 1.60. The molecule has 2 aliphatic rings. The topological polar surface area (TPSA) is 75.6 Å². The number of anilines is 1. The van der Waals surface area contributed by atoms with Crippen LogP contribution in [0.25, 0.3) is 5.70 Å². The summed E-state index contributed by atoms with van der Waals surface area (Å²) in [5, 5.41) is 3.96. The first kappa shape index (κ1) is 23.7. The van der Waals surface area contributed by atoms with E-state index in [4.69, 9.17) is 19.2 Å². The maximum atomic E-state index is 13.2. The number of benzene rings is 2. The monoisotopic (exact) mass is 480 g/mol. The van der Waals surface area contributed by atoms with Gasteiger partial charge >= 0.3 is 0 Å². The van der Waals surface area contributed by atoms with Crippen LogP contribution in [-0.4, -0.2) is 69.4 Å². The highest BCUT2D eigenvalue weighted by Crippen LogP contribution is 2.39. The van der Waals surface area contributed by atoms with E-state index >= 15 is 0 Å². The summed E-state index contributed by atoms with van der Waals surface area (Å²) < 4.78 is 16.1. The van der Waals surface area contributed by atoms with E-state index in [9.17, 15) is 4.79 Å². The first-order valence-electron chi connectivity index (χ1n) is 10.7. The third-order valence-electron chi connectivity index (χ3n) is 5.32. The van der Waals surface area contributed by atoms with Gasteiger partial charge in [0, 0.05) is 35.3 Å². The molecule has 8 nitrogen and oxygen atoms in total. The van der Waals surface area contributed by atoms with E-state index in [-0.39, 0.29) is 5.91 Å². The number of amidine groups is 1. The normalized spacial score (nSPS) is 14.8. The summed E-state index contributed by atoms with van der Waals surface area (Å²) in [5.41, 5.74) is 2.76. The van der Waals surface area contributed by atoms with Gasteiger partial charge in [-0.05, 0) is 38.4 Å². The first-order valence-corrected chi connectivity index (χ1v) is 11.5. The highest BCUT2D eigenvalue weighted by atomic mass is 32.2. The van der Waals surface area contributed by atoms with Crippen LogP contribution in [0.4, 0.5) is 5.69 Å². The van der Waals surface area contributed by atoms with E-state index in [0.29, 0.717) is 28.5 Å². The molecule has 2 aliphatic heterocycles. The van der Waals surface area contributed by atoms with Crippen molar-refractivity contribution in [3.05, 3.63) is 64.7 Å². The van der Waals surface area contributed by atoms with Crippen LogP contribution in [-0.2, 0) is 0 Å². The minimum absolute atomic E-state index is 0.289. The molecule has 0 saturated heterocycles. The van der Waals surface area contributed by atoms with Crippen LogP contribution in [0.3, 0.4) is 0 Å². The van der Waals surface area contributed by atoms with E-state index in [1.165, 1.54) is 26.2 Å². The number of para-hydroxylation sites is 1. The molecule has 9 heteroatoms. The number of thioether (sulfide) groups is 1. The molecule has 1 N–H and O–H groups in total. The lowest BCUT2D eigenvalue weighted by Crippen LogP contribution is -2.23. The van der Waals surface area contributed by atoms with E-state index in [0.717, 1.165) is 29.5 Å². The molecular formula is C25H28N4O4S. The van der Waals surface area contributed by atoms with Gasteiger partial charge < -0.3 is 29.3 Å². The molecule has 1 amide bonds. The SMILES string of the molecule is COc1cc(C(=O)Nc2ccccc2C2=CCN3C=C(CN(C)C)SC3=N2)cc(OC)c1OC. The van der Waals surface area contributed by atoms with Gasteiger partial charge in [0.15, 0.2) is 16.7 Å². The molecule has 0 saturated carbocycles. The number of nitrogens with one attached hydrogen (secondary N) is 1. The number of amides is 1.